The van der Waals surface area contributed by atoms with Crippen LogP contribution in [-0.2, 0) is 0 Å². The molecule has 2 N–H and O–H groups in total. The Morgan fingerprint density at radius 3 is 2.60 bits per heavy atom. The molecule has 0 bridgehead atoms. The highest BCUT2D eigenvalue weighted by atomic mass is 19.1. The maximum Gasteiger partial charge on any atom is 0.198 e. The largest absolute Gasteiger partial charge is 0.494 e. The van der Waals surface area contributed by atoms with E-state index in [1.165, 1.54) is 24.4 Å². The van der Waals surface area contributed by atoms with E-state index in [4.69, 9.17) is 0 Å². The van der Waals surface area contributed by atoms with Gasteiger partial charge >= 0.3 is 0 Å². The fraction of sp³-hybridized carbons (Fsp3) is 0.348. The van der Waals surface area contributed by atoms with E-state index < -0.39 is 5.82 Å². The fourth-order valence-corrected chi connectivity index (χ4v) is 3.93. The summed E-state index contributed by atoms with van der Waals surface area (Å²) in [6.45, 7) is 7.83. The number of piperazine rings is 1. The lowest BCUT2D eigenvalue weighted by Crippen LogP contribution is -2.49. The Morgan fingerprint density at radius 1 is 1.13 bits per heavy atom. The third-order valence-corrected chi connectivity index (χ3v) is 5.92. The SMILES string of the molecule is CCC(C)N1CCN(c2ccc(N=Cc3c(O)[nH]c4ccc(F)cc34)cc2F)CC1. The molecule has 7 heteroatoms. The van der Waals surface area contributed by atoms with Crippen molar-refractivity contribution in [3.63, 3.8) is 0 Å². The number of halogens is 2. The van der Waals surface area contributed by atoms with Gasteiger partial charge in [0.2, 0.25) is 0 Å². The number of aromatic hydroxyl groups is 1. The molecule has 1 aliphatic heterocycles. The number of nitrogens with one attached hydrogen (secondary N) is 1. The van der Waals surface area contributed by atoms with Crippen LogP contribution in [-0.4, -0.2) is 53.4 Å². The van der Waals surface area contributed by atoms with Crippen LogP contribution in [0.3, 0.4) is 0 Å². The van der Waals surface area contributed by atoms with Gasteiger partial charge in [-0.25, -0.2) is 8.78 Å². The van der Waals surface area contributed by atoms with Gasteiger partial charge in [0, 0.05) is 55.4 Å². The molecule has 3 aromatic rings. The van der Waals surface area contributed by atoms with E-state index in [1.54, 1.807) is 18.2 Å². The summed E-state index contributed by atoms with van der Waals surface area (Å²) in [4.78, 5) is 11.6. The third-order valence-electron chi connectivity index (χ3n) is 5.92. The second kappa shape index (κ2) is 8.44. The van der Waals surface area contributed by atoms with Gasteiger partial charge in [-0.05, 0) is 43.7 Å². The normalized spacial score (nSPS) is 16.6. The molecule has 158 valence electrons. The van der Waals surface area contributed by atoms with Crippen LogP contribution in [0, 0.1) is 11.6 Å². The van der Waals surface area contributed by atoms with Crippen LogP contribution in [0.1, 0.15) is 25.8 Å². The zero-order valence-electron chi connectivity index (χ0n) is 17.2. The second-order valence-corrected chi connectivity index (χ2v) is 7.75. The Balaban J connectivity index is 1.51. The Hall–Kier alpha value is -2.93. The van der Waals surface area contributed by atoms with E-state index in [0.717, 1.165) is 32.6 Å². The molecule has 0 radical (unpaired) electrons. The standard InChI is InChI=1S/C23H26F2N4O/c1-3-15(2)28-8-10-29(11-9-28)22-7-5-17(13-20(22)25)26-14-19-18-12-16(24)4-6-21(18)27-23(19)30/h4-7,12-15,27,30H,3,8-11H2,1-2H3. The highest BCUT2D eigenvalue weighted by molar-refractivity contribution is 6.02. The predicted octanol–water partition coefficient (Wildman–Crippen LogP) is 4.82. The summed E-state index contributed by atoms with van der Waals surface area (Å²) in [7, 11) is 0. The lowest BCUT2D eigenvalue weighted by molar-refractivity contribution is 0.192. The maximum atomic E-state index is 14.8. The van der Waals surface area contributed by atoms with Crippen LogP contribution in [0.15, 0.2) is 41.4 Å². The molecule has 0 aliphatic carbocycles. The van der Waals surface area contributed by atoms with Crippen LogP contribution in [0.2, 0.25) is 0 Å². The Labute approximate surface area is 174 Å². The first-order chi connectivity index (χ1) is 14.5. The van der Waals surface area contributed by atoms with Crippen molar-refractivity contribution in [2.24, 2.45) is 4.99 Å². The molecular weight excluding hydrogens is 386 g/mol. The zero-order chi connectivity index (χ0) is 21.3. The van der Waals surface area contributed by atoms with Crippen LogP contribution in [0.5, 0.6) is 5.88 Å². The molecule has 1 unspecified atom stereocenters. The molecule has 2 aromatic carbocycles. The highest BCUT2D eigenvalue weighted by Crippen LogP contribution is 2.29. The first-order valence-corrected chi connectivity index (χ1v) is 10.3. The van der Waals surface area contributed by atoms with Gasteiger partial charge in [0.1, 0.15) is 11.6 Å². The van der Waals surface area contributed by atoms with Crippen molar-refractivity contribution in [3.8, 4) is 5.88 Å². The summed E-state index contributed by atoms with van der Waals surface area (Å²) >= 11 is 0. The number of aliphatic imine (C=N–C) groups is 1. The fourth-order valence-electron chi connectivity index (χ4n) is 3.93. The Kier molecular flexibility index (Phi) is 5.72. The first-order valence-electron chi connectivity index (χ1n) is 10.3. The van der Waals surface area contributed by atoms with Gasteiger partial charge < -0.3 is 15.0 Å². The van der Waals surface area contributed by atoms with Crippen molar-refractivity contribution >= 4 is 28.5 Å². The minimum absolute atomic E-state index is 0.101. The van der Waals surface area contributed by atoms with Gasteiger partial charge in [-0.2, -0.15) is 0 Å². The summed E-state index contributed by atoms with van der Waals surface area (Å²) < 4.78 is 28.3. The highest BCUT2D eigenvalue weighted by Gasteiger charge is 2.22. The minimum Gasteiger partial charge on any atom is -0.494 e. The number of fused-ring (bicyclic) bond motifs is 1. The van der Waals surface area contributed by atoms with E-state index in [1.807, 2.05) is 0 Å². The summed E-state index contributed by atoms with van der Waals surface area (Å²) in [5.41, 5.74) is 1.98. The topological polar surface area (TPSA) is 54.9 Å². The predicted molar refractivity (Wildman–Crippen MR) is 117 cm³/mol. The average molecular weight is 412 g/mol. The molecule has 1 atom stereocenters. The van der Waals surface area contributed by atoms with Crippen molar-refractivity contribution in [2.45, 2.75) is 26.3 Å². The quantitative estimate of drug-likeness (QED) is 0.591. The molecule has 1 saturated heterocycles. The summed E-state index contributed by atoms with van der Waals surface area (Å²) in [6.07, 6.45) is 2.53. The monoisotopic (exact) mass is 412 g/mol. The molecular formula is C23H26F2N4O. The van der Waals surface area contributed by atoms with Gasteiger partial charge in [0.25, 0.3) is 0 Å². The van der Waals surface area contributed by atoms with Gasteiger partial charge in [0.05, 0.1) is 16.9 Å². The number of anilines is 1. The second-order valence-electron chi connectivity index (χ2n) is 7.75. The number of hydrogen-bond donors (Lipinski definition) is 2. The number of nitrogens with zero attached hydrogens (tertiary/aromatic N) is 3. The summed E-state index contributed by atoms with van der Waals surface area (Å²) in [6, 6.07) is 9.63. The molecule has 30 heavy (non-hydrogen) atoms. The Morgan fingerprint density at radius 2 is 1.90 bits per heavy atom. The van der Waals surface area contributed by atoms with Crippen LogP contribution < -0.4 is 4.90 Å². The van der Waals surface area contributed by atoms with Crippen molar-refractivity contribution in [3.05, 3.63) is 53.6 Å². The van der Waals surface area contributed by atoms with E-state index >= 15 is 0 Å². The number of aromatic amines is 1. The zero-order valence-corrected chi connectivity index (χ0v) is 17.2. The molecule has 0 amide bonds. The van der Waals surface area contributed by atoms with E-state index in [0.29, 0.717) is 33.9 Å². The van der Waals surface area contributed by atoms with Crippen LogP contribution in [0.25, 0.3) is 10.9 Å². The number of benzene rings is 2. The van der Waals surface area contributed by atoms with Crippen molar-refractivity contribution in [1.29, 1.82) is 0 Å². The molecule has 1 aromatic heterocycles. The van der Waals surface area contributed by atoms with Crippen molar-refractivity contribution < 1.29 is 13.9 Å². The molecule has 1 fully saturated rings. The molecule has 1 aliphatic rings. The molecule has 2 heterocycles. The van der Waals surface area contributed by atoms with Crippen molar-refractivity contribution in [2.75, 3.05) is 31.1 Å². The van der Waals surface area contributed by atoms with Gasteiger partial charge in [-0.3, -0.25) is 9.89 Å². The lowest BCUT2D eigenvalue weighted by atomic mass is 10.1. The number of hydrogen-bond acceptors (Lipinski definition) is 4. The minimum atomic E-state index is -0.403. The van der Waals surface area contributed by atoms with Crippen LogP contribution >= 0.6 is 0 Å². The number of aromatic nitrogens is 1. The van der Waals surface area contributed by atoms with Gasteiger partial charge in [-0.15, -0.1) is 0 Å². The number of rotatable bonds is 5. The van der Waals surface area contributed by atoms with Gasteiger partial charge in [0.15, 0.2) is 5.88 Å². The Bertz CT molecular complexity index is 1070. The first kappa shape index (κ1) is 20.3. The number of H-pyrrole nitrogens is 1. The lowest BCUT2D eigenvalue weighted by Gasteiger charge is -2.39. The van der Waals surface area contributed by atoms with Crippen LogP contribution in [0.4, 0.5) is 20.2 Å². The van der Waals surface area contributed by atoms with Crippen molar-refractivity contribution in [1.82, 2.24) is 9.88 Å². The maximum absolute atomic E-state index is 14.8. The summed E-state index contributed by atoms with van der Waals surface area (Å²) in [5.74, 6) is -0.827. The summed E-state index contributed by atoms with van der Waals surface area (Å²) in [5, 5.41) is 10.6. The van der Waals surface area contributed by atoms with E-state index in [9.17, 15) is 13.9 Å². The molecule has 0 spiro atoms. The molecule has 5 nitrogen and oxygen atoms in total. The third kappa shape index (κ3) is 4.03. The average Bonchev–Trinajstić information content (AvgIpc) is 3.06. The van der Waals surface area contributed by atoms with Gasteiger partial charge in [-0.1, -0.05) is 6.92 Å². The van der Waals surface area contributed by atoms with E-state index in [-0.39, 0.29) is 11.7 Å². The smallest absolute Gasteiger partial charge is 0.198 e. The molecule has 0 saturated carbocycles. The molecule has 4 rings (SSSR count). The van der Waals surface area contributed by atoms with E-state index in [2.05, 4.69) is 33.6 Å².